The van der Waals surface area contributed by atoms with Crippen molar-refractivity contribution in [3.63, 3.8) is 0 Å². The van der Waals surface area contributed by atoms with Crippen LogP contribution in [0.2, 0.25) is 0 Å². The summed E-state index contributed by atoms with van der Waals surface area (Å²) < 4.78 is 0. The number of allylic oxidation sites excluding steroid dienone is 2. The minimum Gasteiger partial charge on any atom is -0.478 e. The Labute approximate surface area is 91.8 Å². The normalized spacial score (nSPS) is 31.5. The molecule has 0 aromatic carbocycles. The molecule has 3 heteroatoms. The predicted octanol–water partition coefficient (Wildman–Crippen LogP) is 2.89. The van der Waals surface area contributed by atoms with Gasteiger partial charge in [0.2, 0.25) is 0 Å². The summed E-state index contributed by atoms with van der Waals surface area (Å²) in [6.45, 7) is 0. The van der Waals surface area contributed by atoms with Crippen molar-refractivity contribution < 1.29 is 9.90 Å². The lowest BCUT2D eigenvalue weighted by molar-refractivity contribution is -0.132. The first kappa shape index (κ1) is 9.97. The maximum Gasteiger partial charge on any atom is 0.335 e. The maximum atomic E-state index is 11.0. The smallest absolute Gasteiger partial charge is 0.335 e. The van der Waals surface area contributed by atoms with Gasteiger partial charge in [0.25, 0.3) is 0 Å². The van der Waals surface area contributed by atoms with Crippen LogP contribution in [0, 0.1) is 5.92 Å². The summed E-state index contributed by atoms with van der Waals surface area (Å²) >= 11 is 3.58. The number of hydrogen-bond donors (Lipinski definition) is 1. The Morgan fingerprint density at radius 3 is 3.00 bits per heavy atom. The lowest BCUT2D eigenvalue weighted by atomic mass is 9.77. The topological polar surface area (TPSA) is 37.3 Å². The van der Waals surface area contributed by atoms with Crippen molar-refractivity contribution in [2.24, 2.45) is 5.92 Å². The minimum atomic E-state index is -0.785. The SMILES string of the molecule is O=C(O)C1=C2C(Br)CCCC2CC=C1. The Balaban J connectivity index is 2.40. The van der Waals surface area contributed by atoms with Crippen molar-refractivity contribution in [3.05, 3.63) is 23.3 Å². The van der Waals surface area contributed by atoms with Gasteiger partial charge in [0, 0.05) is 4.83 Å². The van der Waals surface area contributed by atoms with Gasteiger partial charge in [-0.15, -0.1) is 0 Å². The first-order chi connectivity index (χ1) is 6.70. The third-order valence-corrected chi connectivity index (χ3v) is 3.99. The van der Waals surface area contributed by atoms with E-state index >= 15 is 0 Å². The third-order valence-electron chi connectivity index (χ3n) is 3.03. The molecule has 2 atom stereocenters. The highest BCUT2D eigenvalue weighted by molar-refractivity contribution is 9.09. The molecule has 2 aliphatic carbocycles. The molecule has 2 rings (SSSR count). The Kier molecular flexibility index (Phi) is 2.77. The van der Waals surface area contributed by atoms with E-state index < -0.39 is 5.97 Å². The average molecular weight is 257 g/mol. The van der Waals surface area contributed by atoms with Gasteiger partial charge >= 0.3 is 5.97 Å². The summed E-state index contributed by atoms with van der Waals surface area (Å²) in [6.07, 6.45) is 8.16. The summed E-state index contributed by atoms with van der Waals surface area (Å²) in [7, 11) is 0. The van der Waals surface area contributed by atoms with E-state index in [-0.39, 0.29) is 4.83 Å². The van der Waals surface area contributed by atoms with Gasteiger partial charge in [0.1, 0.15) is 0 Å². The van der Waals surface area contributed by atoms with E-state index in [2.05, 4.69) is 15.9 Å². The van der Waals surface area contributed by atoms with Crippen molar-refractivity contribution in [2.75, 3.05) is 0 Å². The van der Waals surface area contributed by atoms with E-state index in [1.165, 1.54) is 6.42 Å². The molecule has 0 radical (unpaired) electrons. The molecule has 1 saturated carbocycles. The monoisotopic (exact) mass is 256 g/mol. The van der Waals surface area contributed by atoms with Gasteiger partial charge in [-0.2, -0.15) is 0 Å². The Morgan fingerprint density at radius 1 is 1.50 bits per heavy atom. The second kappa shape index (κ2) is 3.89. The lowest BCUT2D eigenvalue weighted by Gasteiger charge is -2.32. The molecule has 0 saturated heterocycles. The van der Waals surface area contributed by atoms with Crippen LogP contribution in [0.3, 0.4) is 0 Å². The molecule has 0 bridgehead atoms. The van der Waals surface area contributed by atoms with Crippen LogP contribution in [0.1, 0.15) is 25.7 Å². The van der Waals surface area contributed by atoms with Crippen LogP contribution < -0.4 is 0 Å². The first-order valence-corrected chi connectivity index (χ1v) is 5.89. The molecular weight excluding hydrogens is 244 g/mol. The van der Waals surface area contributed by atoms with Crippen molar-refractivity contribution in [3.8, 4) is 0 Å². The predicted molar refractivity (Wildman–Crippen MR) is 58.5 cm³/mol. The fourth-order valence-electron chi connectivity index (χ4n) is 2.38. The molecular formula is C11H13BrO2. The van der Waals surface area contributed by atoms with Gasteiger partial charge in [-0.05, 0) is 30.8 Å². The quantitative estimate of drug-likeness (QED) is 0.733. The molecule has 0 heterocycles. The molecule has 0 aliphatic heterocycles. The molecule has 2 unspecified atom stereocenters. The summed E-state index contributed by atoms with van der Waals surface area (Å²) in [6, 6.07) is 0. The van der Waals surface area contributed by atoms with Crippen LogP contribution in [-0.4, -0.2) is 15.9 Å². The van der Waals surface area contributed by atoms with Gasteiger partial charge in [-0.1, -0.05) is 34.5 Å². The molecule has 0 aromatic heterocycles. The Bertz CT molecular complexity index is 317. The van der Waals surface area contributed by atoms with E-state index in [0.717, 1.165) is 24.8 Å². The fraction of sp³-hybridized carbons (Fsp3) is 0.545. The van der Waals surface area contributed by atoms with Crippen LogP contribution in [0.5, 0.6) is 0 Å². The van der Waals surface area contributed by atoms with Crippen LogP contribution in [0.15, 0.2) is 23.3 Å². The fourth-order valence-corrected chi connectivity index (χ4v) is 3.33. The van der Waals surface area contributed by atoms with Crippen LogP contribution in [0.25, 0.3) is 0 Å². The molecule has 0 spiro atoms. The second-order valence-corrected chi connectivity index (χ2v) is 5.01. The molecule has 2 aliphatic rings. The number of aliphatic carboxylic acids is 1. The van der Waals surface area contributed by atoms with Crippen LogP contribution in [-0.2, 0) is 4.79 Å². The number of carbonyl (C=O) groups is 1. The molecule has 0 aromatic rings. The first-order valence-electron chi connectivity index (χ1n) is 4.98. The number of carboxylic acids is 1. The lowest BCUT2D eigenvalue weighted by Crippen LogP contribution is -2.24. The Morgan fingerprint density at radius 2 is 2.29 bits per heavy atom. The zero-order valence-corrected chi connectivity index (χ0v) is 9.46. The number of alkyl halides is 1. The van der Waals surface area contributed by atoms with E-state index in [4.69, 9.17) is 5.11 Å². The number of rotatable bonds is 1. The largest absolute Gasteiger partial charge is 0.478 e. The molecule has 1 fully saturated rings. The highest BCUT2D eigenvalue weighted by atomic mass is 79.9. The van der Waals surface area contributed by atoms with Crippen LogP contribution in [0.4, 0.5) is 0 Å². The molecule has 1 N–H and O–H groups in total. The zero-order chi connectivity index (χ0) is 10.1. The highest BCUT2D eigenvalue weighted by Gasteiger charge is 2.31. The summed E-state index contributed by atoms with van der Waals surface area (Å²) in [5.74, 6) is -0.323. The van der Waals surface area contributed by atoms with Gasteiger partial charge < -0.3 is 5.11 Å². The highest BCUT2D eigenvalue weighted by Crippen LogP contribution is 2.40. The second-order valence-electron chi connectivity index (χ2n) is 3.91. The van der Waals surface area contributed by atoms with Crippen molar-refractivity contribution >= 4 is 21.9 Å². The van der Waals surface area contributed by atoms with Crippen molar-refractivity contribution in [2.45, 2.75) is 30.5 Å². The van der Waals surface area contributed by atoms with Gasteiger partial charge in [-0.3, -0.25) is 0 Å². The van der Waals surface area contributed by atoms with Crippen molar-refractivity contribution in [1.82, 2.24) is 0 Å². The van der Waals surface area contributed by atoms with Gasteiger partial charge in [0.05, 0.1) is 5.57 Å². The number of hydrogen-bond acceptors (Lipinski definition) is 1. The van der Waals surface area contributed by atoms with E-state index in [1.54, 1.807) is 6.08 Å². The molecule has 76 valence electrons. The number of fused-ring (bicyclic) bond motifs is 1. The number of halogens is 1. The van der Waals surface area contributed by atoms with E-state index in [9.17, 15) is 4.79 Å². The van der Waals surface area contributed by atoms with Crippen LogP contribution >= 0.6 is 15.9 Å². The van der Waals surface area contributed by atoms with Gasteiger partial charge in [-0.25, -0.2) is 4.79 Å². The van der Waals surface area contributed by atoms with E-state index in [0.29, 0.717) is 11.5 Å². The summed E-state index contributed by atoms with van der Waals surface area (Å²) in [5.41, 5.74) is 1.63. The van der Waals surface area contributed by atoms with Crippen molar-refractivity contribution in [1.29, 1.82) is 0 Å². The zero-order valence-electron chi connectivity index (χ0n) is 7.87. The minimum absolute atomic E-state index is 0.275. The molecule has 2 nitrogen and oxygen atoms in total. The number of carboxylic acid groups (broad SMARTS) is 1. The van der Waals surface area contributed by atoms with E-state index in [1.807, 2.05) is 6.08 Å². The van der Waals surface area contributed by atoms with Gasteiger partial charge in [0.15, 0.2) is 0 Å². The average Bonchev–Trinajstić information content (AvgIpc) is 2.17. The third kappa shape index (κ3) is 1.65. The summed E-state index contributed by atoms with van der Waals surface area (Å²) in [5, 5.41) is 9.06. The molecule has 0 amide bonds. The standard InChI is InChI=1S/C11H13BrO2/c12-9-6-2-4-7-3-1-5-8(10(7)9)11(13)14/h1,5,7,9H,2-4,6H2,(H,13,14). The maximum absolute atomic E-state index is 11.0. The molecule has 14 heavy (non-hydrogen) atoms. The Hall–Kier alpha value is -0.570. The summed E-state index contributed by atoms with van der Waals surface area (Å²) in [4.78, 5) is 11.3.